The number of halogens is 1. The van der Waals surface area contributed by atoms with Crippen LogP contribution in [-0.2, 0) is 26.2 Å². The third kappa shape index (κ3) is 6.50. The third-order valence-corrected chi connectivity index (χ3v) is 8.42. The van der Waals surface area contributed by atoms with Gasteiger partial charge in [0.05, 0.1) is 10.6 Å². The Bertz CT molecular complexity index is 1360. The van der Waals surface area contributed by atoms with Crippen molar-refractivity contribution in [2.75, 3.05) is 17.4 Å². The molecular weight excluding hydrogens is 510 g/mol. The maximum atomic E-state index is 13.9. The first-order valence-electron chi connectivity index (χ1n) is 12.0. The quantitative estimate of drug-likeness (QED) is 0.403. The van der Waals surface area contributed by atoms with Crippen molar-refractivity contribution in [1.29, 1.82) is 0 Å². The first-order valence-corrected chi connectivity index (χ1v) is 13.8. The number of nitrogens with one attached hydrogen (secondary N) is 1. The molecule has 1 unspecified atom stereocenters. The van der Waals surface area contributed by atoms with E-state index in [1.54, 1.807) is 57.2 Å². The van der Waals surface area contributed by atoms with Crippen molar-refractivity contribution in [1.82, 2.24) is 10.2 Å². The molecule has 7 nitrogen and oxygen atoms in total. The maximum Gasteiger partial charge on any atom is 0.264 e. The van der Waals surface area contributed by atoms with Gasteiger partial charge in [-0.3, -0.25) is 13.9 Å². The number of likely N-dealkylation sites (N-methyl/N-ethyl adjacent to an activating group) is 1. The number of carbonyl (C=O) groups excluding carboxylic acids is 2. The SMILES string of the molecule is CCNC(=O)C(C)N(Cc1ccccc1C)C(=O)CN(c1cccc(Cl)c1C)S(=O)(=O)c1ccccc1. The summed E-state index contributed by atoms with van der Waals surface area (Å²) >= 11 is 6.33. The van der Waals surface area contributed by atoms with Crippen LogP contribution in [0.15, 0.2) is 77.7 Å². The molecule has 1 N–H and O–H groups in total. The Morgan fingerprint density at radius 1 is 0.946 bits per heavy atom. The zero-order valence-corrected chi connectivity index (χ0v) is 23.0. The van der Waals surface area contributed by atoms with Crippen LogP contribution >= 0.6 is 11.6 Å². The second kappa shape index (κ2) is 12.3. The van der Waals surface area contributed by atoms with Gasteiger partial charge >= 0.3 is 0 Å². The number of hydrogen-bond donors (Lipinski definition) is 1. The molecule has 1 atom stereocenters. The highest BCUT2D eigenvalue weighted by Crippen LogP contribution is 2.31. The minimum atomic E-state index is -4.13. The van der Waals surface area contributed by atoms with Gasteiger partial charge < -0.3 is 10.2 Å². The molecule has 37 heavy (non-hydrogen) atoms. The Morgan fingerprint density at radius 2 is 1.59 bits per heavy atom. The van der Waals surface area contributed by atoms with Crippen LogP contribution in [0.5, 0.6) is 0 Å². The van der Waals surface area contributed by atoms with E-state index in [1.807, 2.05) is 31.2 Å². The molecule has 9 heteroatoms. The van der Waals surface area contributed by atoms with E-state index in [2.05, 4.69) is 5.32 Å². The van der Waals surface area contributed by atoms with Crippen LogP contribution < -0.4 is 9.62 Å². The Balaban J connectivity index is 2.08. The number of rotatable bonds is 10. The molecule has 0 radical (unpaired) electrons. The Hall–Kier alpha value is -3.36. The molecule has 2 amide bonds. The molecule has 0 aliphatic rings. The molecule has 3 rings (SSSR count). The summed E-state index contributed by atoms with van der Waals surface area (Å²) in [5.41, 5.74) is 2.65. The van der Waals surface area contributed by atoms with Crippen LogP contribution in [-0.4, -0.2) is 44.3 Å². The van der Waals surface area contributed by atoms with Gasteiger partial charge in [0.25, 0.3) is 10.0 Å². The van der Waals surface area contributed by atoms with E-state index in [-0.39, 0.29) is 17.3 Å². The lowest BCUT2D eigenvalue weighted by Gasteiger charge is -2.32. The molecular formula is C28H32ClN3O4S. The Labute approximate surface area is 224 Å². The average Bonchev–Trinajstić information content (AvgIpc) is 2.88. The lowest BCUT2D eigenvalue weighted by molar-refractivity contribution is -0.139. The highest BCUT2D eigenvalue weighted by Gasteiger charge is 2.33. The van der Waals surface area contributed by atoms with Gasteiger partial charge in [0.2, 0.25) is 11.8 Å². The van der Waals surface area contributed by atoms with E-state index in [4.69, 9.17) is 11.6 Å². The lowest BCUT2D eigenvalue weighted by Crippen LogP contribution is -2.51. The molecule has 0 saturated carbocycles. The van der Waals surface area contributed by atoms with Crippen LogP contribution in [0.3, 0.4) is 0 Å². The monoisotopic (exact) mass is 541 g/mol. The molecule has 0 aliphatic carbocycles. The number of aryl methyl sites for hydroxylation is 1. The van der Waals surface area contributed by atoms with Gasteiger partial charge in [-0.05, 0) is 68.7 Å². The van der Waals surface area contributed by atoms with E-state index in [9.17, 15) is 18.0 Å². The summed E-state index contributed by atoms with van der Waals surface area (Å²) < 4.78 is 28.7. The lowest BCUT2D eigenvalue weighted by atomic mass is 10.1. The fraction of sp³-hybridized carbons (Fsp3) is 0.286. The van der Waals surface area contributed by atoms with E-state index in [0.29, 0.717) is 22.8 Å². The zero-order valence-electron chi connectivity index (χ0n) is 21.4. The van der Waals surface area contributed by atoms with Crippen LogP contribution in [0, 0.1) is 13.8 Å². The fourth-order valence-electron chi connectivity index (χ4n) is 3.97. The summed E-state index contributed by atoms with van der Waals surface area (Å²) in [6.07, 6.45) is 0. The molecule has 0 bridgehead atoms. The van der Waals surface area contributed by atoms with Crippen LogP contribution in [0.2, 0.25) is 5.02 Å². The van der Waals surface area contributed by atoms with Crippen molar-refractivity contribution in [3.63, 3.8) is 0 Å². The Kier molecular flexibility index (Phi) is 9.34. The molecule has 0 aliphatic heterocycles. The van der Waals surface area contributed by atoms with Gasteiger partial charge in [-0.2, -0.15) is 0 Å². The highest BCUT2D eigenvalue weighted by atomic mass is 35.5. The van der Waals surface area contributed by atoms with E-state index < -0.39 is 28.5 Å². The second-order valence-corrected chi connectivity index (χ2v) is 11.0. The summed E-state index contributed by atoms with van der Waals surface area (Å²) in [4.78, 5) is 28.1. The summed E-state index contributed by atoms with van der Waals surface area (Å²) in [6, 6.07) is 19.6. The van der Waals surface area contributed by atoms with Gasteiger partial charge in [-0.1, -0.05) is 60.1 Å². The minimum absolute atomic E-state index is 0.0457. The molecule has 3 aromatic rings. The summed E-state index contributed by atoms with van der Waals surface area (Å²) in [6.45, 7) is 7.13. The number of sulfonamides is 1. The van der Waals surface area contributed by atoms with Crippen LogP contribution in [0.4, 0.5) is 5.69 Å². The molecule has 3 aromatic carbocycles. The summed E-state index contributed by atoms with van der Waals surface area (Å²) in [5.74, 6) is -0.832. The van der Waals surface area contributed by atoms with Gasteiger partial charge in [0, 0.05) is 18.1 Å². The predicted molar refractivity (Wildman–Crippen MR) is 147 cm³/mol. The molecule has 0 fully saturated rings. The summed E-state index contributed by atoms with van der Waals surface area (Å²) in [7, 11) is -4.13. The first-order chi connectivity index (χ1) is 17.6. The predicted octanol–water partition coefficient (Wildman–Crippen LogP) is 4.71. The van der Waals surface area contributed by atoms with Crippen molar-refractivity contribution in [3.05, 3.63) is 94.5 Å². The molecule has 196 valence electrons. The van der Waals surface area contributed by atoms with Crippen LogP contribution in [0.1, 0.15) is 30.5 Å². The smallest absolute Gasteiger partial charge is 0.264 e. The van der Waals surface area contributed by atoms with Gasteiger partial charge in [-0.15, -0.1) is 0 Å². The van der Waals surface area contributed by atoms with Crippen molar-refractivity contribution in [2.45, 2.75) is 45.2 Å². The van der Waals surface area contributed by atoms with Crippen molar-refractivity contribution in [3.8, 4) is 0 Å². The van der Waals surface area contributed by atoms with Crippen molar-refractivity contribution >= 4 is 39.1 Å². The molecule has 0 aromatic heterocycles. The van der Waals surface area contributed by atoms with E-state index in [1.165, 1.54) is 17.0 Å². The fourth-order valence-corrected chi connectivity index (χ4v) is 5.64. The maximum absolute atomic E-state index is 13.9. The molecule has 0 heterocycles. The van der Waals surface area contributed by atoms with Gasteiger partial charge in [-0.25, -0.2) is 8.42 Å². The zero-order chi connectivity index (χ0) is 27.2. The number of amides is 2. The normalized spacial score (nSPS) is 12.0. The van der Waals surface area contributed by atoms with E-state index >= 15 is 0 Å². The standard InChI is InChI=1S/C28H32ClN3O4S/c1-5-30-28(34)22(4)31(18-23-13-10-9-12-20(23)2)27(33)19-32(26-17-11-16-25(29)21(26)3)37(35,36)24-14-7-6-8-15-24/h6-17,22H,5,18-19H2,1-4H3,(H,30,34). The number of anilines is 1. The summed E-state index contributed by atoms with van der Waals surface area (Å²) in [5, 5.41) is 3.14. The minimum Gasteiger partial charge on any atom is -0.355 e. The molecule has 0 spiro atoms. The molecule has 0 saturated heterocycles. The van der Waals surface area contributed by atoms with Gasteiger partial charge in [0.1, 0.15) is 12.6 Å². The largest absolute Gasteiger partial charge is 0.355 e. The third-order valence-electron chi connectivity index (χ3n) is 6.24. The number of benzene rings is 3. The number of nitrogens with zero attached hydrogens (tertiary/aromatic N) is 2. The van der Waals surface area contributed by atoms with Gasteiger partial charge in [0.15, 0.2) is 0 Å². The van der Waals surface area contributed by atoms with Crippen LogP contribution in [0.25, 0.3) is 0 Å². The highest BCUT2D eigenvalue weighted by molar-refractivity contribution is 7.92. The average molecular weight is 542 g/mol. The second-order valence-electron chi connectivity index (χ2n) is 8.73. The van der Waals surface area contributed by atoms with E-state index in [0.717, 1.165) is 15.4 Å². The Morgan fingerprint density at radius 3 is 2.24 bits per heavy atom. The topological polar surface area (TPSA) is 86.8 Å². The number of hydrogen-bond acceptors (Lipinski definition) is 4. The first kappa shape index (κ1) is 28.2. The van der Waals surface area contributed by atoms with Crippen molar-refractivity contribution < 1.29 is 18.0 Å². The number of carbonyl (C=O) groups is 2. The van der Waals surface area contributed by atoms with Crippen molar-refractivity contribution in [2.24, 2.45) is 0 Å².